The third-order valence-electron chi connectivity index (χ3n) is 6.26. The molecule has 5 aromatic rings. The molecule has 1 aliphatic heterocycles. The topological polar surface area (TPSA) is 67.2 Å². The molecule has 0 saturated carbocycles. The van der Waals surface area contributed by atoms with E-state index in [0.717, 1.165) is 38.8 Å². The molecule has 1 saturated heterocycles. The zero-order chi connectivity index (χ0) is 23.6. The summed E-state index contributed by atoms with van der Waals surface area (Å²) < 4.78 is 1.88. The normalized spacial score (nSPS) is 13.9. The summed E-state index contributed by atoms with van der Waals surface area (Å²) in [7, 11) is 0. The fourth-order valence-corrected chi connectivity index (χ4v) is 5.16. The number of carbonyl (C=O) groups is 1. The van der Waals surface area contributed by atoms with Gasteiger partial charge in [-0.05, 0) is 29.1 Å². The molecule has 8 heteroatoms. The van der Waals surface area contributed by atoms with Gasteiger partial charge in [-0.3, -0.25) is 4.79 Å². The van der Waals surface area contributed by atoms with Crippen LogP contribution in [0.4, 0.5) is 5.82 Å². The summed E-state index contributed by atoms with van der Waals surface area (Å²) >= 11 is 1.49. The average molecular weight is 481 g/mol. The Bertz CT molecular complexity index is 1440. The number of hydrogen-bond donors (Lipinski definition) is 0. The van der Waals surface area contributed by atoms with E-state index in [0.29, 0.717) is 32.6 Å². The Kier molecular flexibility index (Phi) is 5.71. The minimum atomic E-state index is 0.106. The number of aromatic nitrogens is 4. The lowest BCUT2D eigenvalue weighted by Crippen LogP contribution is -2.49. The molecule has 4 heterocycles. The van der Waals surface area contributed by atoms with Crippen LogP contribution in [0.15, 0.2) is 84.4 Å². The monoisotopic (exact) mass is 480 g/mol. The molecule has 7 nitrogen and oxygen atoms in total. The molecule has 0 bridgehead atoms. The van der Waals surface area contributed by atoms with Crippen LogP contribution in [0.3, 0.4) is 0 Å². The largest absolute Gasteiger partial charge is 0.352 e. The third-order valence-corrected chi connectivity index (χ3v) is 7.12. The van der Waals surface area contributed by atoms with E-state index < -0.39 is 0 Å². The van der Waals surface area contributed by atoms with Crippen LogP contribution in [0.2, 0.25) is 0 Å². The number of thiophene rings is 1. The van der Waals surface area contributed by atoms with Gasteiger partial charge in [0.25, 0.3) is 5.91 Å². The number of rotatable bonds is 5. The van der Waals surface area contributed by atoms with Crippen LogP contribution in [-0.4, -0.2) is 56.7 Å². The van der Waals surface area contributed by atoms with E-state index in [1.54, 1.807) is 0 Å². The highest BCUT2D eigenvalue weighted by molar-refractivity contribution is 7.12. The molecule has 174 valence electrons. The predicted octanol–water partition coefficient (Wildman–Crippen LogP) is 4.43. The molecule has 0 spiro atoms. The van der Waals surface area contributed by atoms with Crippen LogP contribution in [0.25, 0.3) is 16.7 Å². The van der Waals surface area contributed by atoms with E-state index >= 15 is 0 Å². The number of para-hydroxylation sites is 1. The SMILES string of the molecule is O=C(c1cccs1)N1CCN(c2nc(Cc3ccccc3)nc3c2cnn3-c2ccccc2)CC1. The summed E-state index contributed by atoms with van der Waals surface area (Å²) in [4.78, 5) is 27.7. The van der Waals surface area contributed by atoms with Crippen LogP contribution >= 0.6 is 11.3 Å². The number of carbonyl (C=O) groups excluding carboxylic acids is 1. The summed E-state index contributed by atoms with van der Waals surface area (Å²) in [6, 6.07) is 24.1. The van der Waals surface area contributed by atoms with Crippen molar-refractivity contribution in [2.24, 2.45) is 0 Å². The Labute approximate surface area is 207 Å². The zero-order valence-corrected chi connectivity index (χ0v) is 19.9. The van der Waals surface area contributed by atoms with Gasteiger partial charge in [0.15, 0.2) is 5.65 Å². The number of fused-ring (bicyclic) bond motifs is 1. The van der Waals surface area contributed by atoms with E-state index in [4.69, 9.17) is 9.97 Å². The summed E-state index contributed by atoms with van der Waals surface area (Å²) in [5.74, 6) is 1.74. The van der Waals surface area contributed by atoms with Crippen LogP contribution in [0.1, 0.15) is 21.1 Å². The average Bonchev–Trinajstić information content (AvgIpc) is 3.60. The maximum atomic E-state index is 12.8. The molecule has 0 atom stereocenters. The molecule has 0 N–H and O–H groups in total. The van der Waals surface area contributed by atoms with Gasteiger partial charge in [-0.25, -0.2) is 14.6 Å². The van der Waals surface area contributed by atoms with Crippen molar-refractivity contribution in [1.29, 1.82) is 0 Å². The van der Waals surface area contributed by atoms with Gasteiger partial charge in [-0.2, -0.15) is 5.10 Å². The van der Waals surface area contributed by atoms with Gasteiger partial charge in [0, 0.05) is 32.6 Å². The smallest absolute Gasteiger partial charge is 0.264 e. The van der Waals surface area contributed by atoms with Gasteiger partial charge in [0.2, 0.25) is 0 Å². The number of benzene rings is 2. The van der Waals surface area contributed by atoms with Gasteiger partial charge in [-0.1, -0.05) is 54.6 Å². The van der Waals surface area contributed by atoms with Crippen LogP contribution < -0.4 is 4.90 Å². The van der Waals surface area contributed by atoms with Crippen molar-refractivity contribution in [3.63, 3.8) is 0 Å². The van der Waals surface area contributed by atoms with Crippen molar-refractivity contribution in [3.05, 3.63) is 101 Å². The Morgan fingerprint density at radius 2 is 1.60 bits per heavy atom. The first kappa shape index (κ1) is 21.5. The van der Waals surface area contributed by atoms with Gasteiger partial charge in [0.05, 0.1) is 22.1 Å². The van der Waals surface area contributed by atoms with Crippen molar-refractivity contribution >= 4 is 34.1 Å². The van der Waals surface area contributed by atoms with E-state index in [1.807, 2.05) is 81.8 Å². The maximum absolute atomic E-state index is 12.8. The van der Waals surface area contributed by atoms with E-state index in [-0.39, 0.29) is 5.91 Å². The van der Waals surface area contributed by atoms with Gasteiger partial charge >= 0.3 is 0 Å². The van der Waals surface area contributed by atoms with E-state index in [9.17, 15) is 4.79 Å². The first-order valence-corrected chi connectivity index (χ1v) is 12.6. The predicted molar refractivity (Wildman–Crippen MR) is 138 cm³/mol. The van der Waals surface area contributed by atoms with Gasteiger partial charge < -0.3 is 9.80 Å². The molecule has 3 aromatic heterocycles. The van der Waals surface area contributed by atoms with Crippen molar-refractivity contribution in [3.8, 4) is 5.69 Å². The van der Waals surface area contributed by atoms with Crippen molar-refractivity contribution in [2.75, 3.05) is 31.1 Å². The molecule has 2 aromatic carbocycles. The quantitative estimate of drug-likeness (QED) is 0.372. The minimum Gasteiger partial charge on any atom is -0.352 e. The molecule has 1 fully saturated rings. The highest BCUT2D eigenvalue weighted by Crippen LogP contribution is 2.28. The minimum absolute atomic E-state index is 0.106. The second-order valence-corrected chi connectivity index (χ2v) is 9.46. The lowest BCUT2D eigenvalue weighted by Gasteiger charge is -2.35. The fraction of sp³-hybridized carbons (Fsp3) is 0.185. The zero-order valence-electron chi connectivity index (χ0n) is 19.1. The summed E-state index contributed by atoms with van der Waals surface area (Å²) in [5.41, 5.74) is 2.92. The molecule has 1 amide bonds. The molecule has 1 aliphatic rings. The van der Waals surface area contributed by atoms with Crippen LogP contribution in [0, 0.1) is 0 Å². The lowest BCUT2D eigenvalue weighted by molar-refractivity contribution is 0.0751. The highest BCUT2D eigenvalue weighted by Gasteiger charge is 2.26. The number of anilines is 1. The third kappa shape index (κ3) is 4.28. The summed E-state index contributed by atoms with van der Waals surface area (Å²) in [6.45, 7) is 2.74. The highest BCUT2D eigenvalue weighted by atomic mass is 32.1. The van der Waals surface area contributed by atoms with Crippen LogP contribution in [0.5, 0.6) is 0 Å². The first-order valence-electron chi connectivity index (χ1n) is 11.7. The molecule has 0 unspecified atom stereocenters. The summed E-state index contributed by atoms with van der Waals surface area (Å²) in [5, 5.41) is 7.53. The van der Waals surface area contributed by atoms with Crippen molar-refractivity contribution in [2.45, 2.75) is 6.42 Å². The van der Waals surface area contributed by atoms with Crippen molar-refractivity contribution in [1.82, 2.24) is 24.6 Å². The molecule has 0 aliphatic carbocycles. The molecule has 0 radical (unpaired) electrons. The lowest BCUT2D eigenvalue weighted by atomic mass is 10.1. The summed E-state index contributed by atoms with van der Waals surface area (Å²) in [6.07, 6.45) is 2.49. The Hall–Kier alpha value is -4.04. The second-order valence-electron chi connectivity index (χ2n) is 8.51. The molecular formula is C27H24N6OS. The van der Waals surface area contributed by atoms with Gasteiger partial charge in [0.1, 0.15) is 11.6 Å². The number of nitrogens with zero attached hydrogens (tertiary/aromatic N) is 6. The number of piperazine rings is 1. The molecule has 35 heavy (non-hydrogen) atoms. The Morgan fingerprint density at radius 3 is 2.31 bits per heavy atom. The van der Waals surface area contributed by atoms with E-state index in [1.165, 1.54) is 11.3 Å². The Morgan fingerprint density at radius 1 is 0.857 bits per heavy atom. The number of amides is 1. The van der Waals surface area contributed by atoms with Gasteiger partial charge in [-0.15, -0.1) is 11.3 Å². The maximum Gasteiger partial charge on any atom is 0.264 e. The van der Waals surface area contributed by atoms with Crippen LogP contribution in [-0.2, 0) is 6.42 Å². The second kappa shape index (κ2) is 9.31. The fourth-order valence-electron chi connectivity index (χ4n) is 4.47. The first-order chi connectivity index (χ1) is 17.3. The van der Waals surface area contributed by atoms with Crippen molar-refractivity contribution < 1.29 is 4.79 Å². The Balaban J connectivity index is 1.35. The molecule has 6 rings (SSSR count). The molecular weight excluding hydrogens is 456 g/mol. The number of hydrogen-bond acceptors (Lipinski definition) is 6. The standard InChI is InChI=1S/C27H24N6OS/c34-27(23-12-7-17-35-23)32-15-13-31(14-16-32)25-22-19-28-33(21-10-5-2-6-11-21)26(22)30-24(29-25)18-20-8-3-1-4-9-20/h1-12,17,19H,13-16,18H2. The van der Waals surface area contributed by atoms with E-state index in [2.05, 4.69) is 22.1 Å².